The number of amides is 1. The molecule has 1 aromatic heterocycles. The predicted molar refractivity (Wildman–Crippen MR) is 162 cm³/mol. The number of nitriles is 1. The number of anilines is 3. The molecule has 4 heterocycles. The topological polar surface area (TPSA) is 82.8 Å². The minimum Gasteiger partial charge on any atom is -0.368 e. The van der Waals surface area contributed by atoms with E-state index in [4.69, 9.17) is 9.97 Å². The van der Waals surface area contributed by atoms with E-state index in [-0.39, 0.29) is 35.8 Å². The van der Waals surface area contributed by atoms with Gasteiger partial charge in [0.25, 0.3) is 0 Å². The second-order valence-corrected chi connectivity index (χ2v) is 12.7. The molecule has 3 aliphatic heterocycles. The zero-order chi connectivity index (χ0) is 29.6. The van der Waals surface area contributed by atoms with E-state index >= 15 is 0 Å². The smallest absolute Gasteiger partial charge is 0.246 e. The van der Waals surface area contributed by atoms with E-state index in [1.54, 1.807) is 17.0 Å². The van der Waals surface area contributed by atoms with Crippen LogP contribution in [0.3, 0.4) is 0 Å². The first kappa shape index (κ1) is 28.4. The third-order valence-electron chi connectivity index (χ3n) is 9.85. The highest BCUT2D eigenvalue weighted by atomic mass is 19.1. The molecule has 2 saturated heterocycles. The number of likely N-dealkylation sites (N-methyl/N-ethyl adjacent to an activating group) is 1. The highest BCUT2D eigenvalue weighted by molar-refractivity contribution is 5.87. The first-order chi connectivity index (χ1) is 20.2. The lowest BCUT2D eigenvalue weighted by molar-refractivity contribution is -0.128. The molecule has 0 spiro atoms. The molecule has 0 N–H and O–H groups in total. The second-order valence-electron chi connectivity index (χ2n) is 12.7. The fourth-order valence-corrected chi connectivity index (χ4v) is 7.13. The van der Waals surface area contributed by atoms with Crippen molar-refractivity contribution in [2.45, 2.75) is 63.1 Å². The largest absolute Gasteiger partial charge is 0.368 e. The molecule has 222 valence electrons. The number of piperazine rings is 1. The number of halogens is 1. The molecule has 6 rings (SSSR count). The molecule has 2 aromatic rings. The Kier molecular flexibility index (Phi) is 7.56. The maximum absolute atomic E-state index is 14.3. The van der Waals surface area contributed by atoms with Crippen molar-refractivity contribution in [2.24, 2.45) is 0 Å². The summed E-state index contributed by atoms with van der Waals surface area (Å²) in [7, 11) is 4.22. The molecule has 1 amide bonds. The molecule has 42 heavy (non-hydrogen) atoms. The summed E-state index contributed by atoms with van der Waals surface area (Å²) in [4.78, 5) is 33.8. The molecular formula is C32H41FN8O. The van der Waals surface area contributed by atoms with Crippen LogP contribution in [0.15, 0.2) is 30.9 Å². The van der Waals surface area contributed by atoms with E-state index in [1.807, 2.05) is 6.07 Å². The van der Waals surface area contributed by atoms with Crippen LogP contribution in [-0.4, -0.2) is 96.7 Å². The molecule has 2 atom stereocenters. The van der Waals surface area contributed by atoms with Gasteiger partial charge in [0.2, 0.25) is 11.9 Å². The average molecular weight is 573 g/mol. The van der Waals surface area contributed by atoms with E-state index in [9.17, 15) is 14.4 Å². The van der Waals surface area contributed by atoms with Crippen molar-refractivity contribution >= 4 is 23.4 Å². The van der Waals surface area contributed by atoms with Gasteiger partial charge in [0, 0.05) is 63.0 Å². The molecule has 1 aliphatic carbocycles. The summed E-state index contributed by atoms with van der Waals surface area (Å²) >= 11 is 0. The molecule has 2 fully saturated rings. The summed E-state index contributed by atoms with van der Waals surface area (Å²) in [6, 6.07) is 7.49. The Morgan fingerprint density at radius 2 is 2.02 bits per heavy atom. The summed E-state index contributed by atoms with van der Waals surface area (Å²) in [5.74, 6) is 1.36. The van der Waals surface area contributed by atoms with Crippen LogP contribution < -0.4 is 14.7 Å². The molecule has 10 heteroatoms. The SMILES string of the molecule is C=CC(=O)N1CCN(c2nc(N3CC(C)(N(C)C)C3)nc3c2CC[C@@H](N2CCCc4ccc(F)cc42)C3)C[C@@H]1CC#N. The zero-order valence-corrected chi connectivity index (χ0v) is 25.0. The molecule has 0 saturated carbocycles. The van der Waals surface area contributed by atoms with Gasteiger partial charge in [-0.05, 0) is 70.5 Å². The monoisotopic (exact) mass is 572 g/mol. The van der Waals surface area contributed by atoms with Gasteiger partial charge >= 0.3 is 0 Å². The van der Waals surface area contributed by atoms with Gasteiger partial charge in [-0.3, -0.25) is 4.79 Å². The normalized spacial score (nSPS) is 23.1. The third-order valence-corrected chi connectivity index (χ3v) is 9.85. The summed E-state index contributed by atoms with van der Waals surface area (Å²) in [5, 5.41) is 9.53. The summed E-state index contributed by atoms with van der Waals surface area (Å²) in [6.45, 7) is 10.2. The number of carbonyl (C=O) groups is 1. The maximum atomic E-state index is 14.3. The fourth-order valence-electron chi connectivity index (χ4n) is 7.13. The Morgan fingerprint density at radius 3 is 2.76 bits per heavy atom. The lowest BCUT2D eigenvalue weighted by Gasteiger charge is -2.52. The van der Waals surface area contributed by atoms with E-state index < -0.39 is 0 Å². The zero-order valence-electron chi connectivity index (χ0n) is 25.0. The Morgan fingerprint density at radius 1 is 1.21 bits per heavy atom. The quantitative estimate of drug-likeness (QED) is 0.489. The number of fused-ring (bicyclic) bond motifs is 2. The first-order valence-corrected chi connectivity index (χ1v) is 15.1. The van der Waals surface area contributed by atoms with Gasteiger partial charge in [0.15, 0.2) is 0 Å². The summed E-state index contributed by atoms with van der Waals surface area (Å²) in [5.41, 5.74) is 4.54. The number of rotatable bonds is 6. The van der Waals surface area contributed by atoms with Crippen LogP contribution in [0.2, 0.25) is 0 Å². The van der Waals surface area contributed by atoms with Crippen molar-refractivity contribution < 1.29 is 9.18 Å². The van der Waals surface area contributed by atoms with Crippen LogP contribution in [0.4, 0.5) is 21.8 Å². The Hall–Kier alpha value is -3.71. The number of hydrogen-bond donors (Lipinski definition) is 0. The number of aromatic nitrogens is 2. The summed E-state index contributed by atoms with van der Waals surface area (Å²) < 4.78 is 14.3. The first-order valence-electron chi connectivity index (χ1n) is 15.1. The van der Waals surface area contributed by atoms with Gasteiger partial charge < -0.3 is 24.5 Å². The fraction of sp³-hybridized carbons (Fsp3) is 0.562. The Labute approximate surface area is 248 Å². The number of benzene rings is 1. The minimum absolute atomic E-state index is 0.0676. The summed E-state index contributed by atoms with van der Waals surface area (Å²) in [6.07, 6.45) is 6.20. The van der Waals surface area contributed by atoms with Crippen LogP contribution in [0.5, 0.6) is 0 Å². The third kappa shape index (κ3) is 5.08. The van der Waals surface area contributed by atoms with Crippen LogP contribution in [0.25, 0.3) is 0 Å². The maximum Gasteiger partial charge on any atom is 0.246 e. The van der Waals surface area contributed by atoms with Crippen molar-refractivity contribution in [3.8, 4) is 6.07 Å². The van der Waals surface area contributed by atoms with Gasteiger partial charge in [0.1, 0.15) is 11.6 Å². The van der Waals surface area contributed by atoms with Gasteiger partial charge in [0.05, 0.1) is 29.8 Å². The van der Waals surface area contributed by atoms with Gasteiger partial charge in [-0.15, -0.1) is 0 Å². The Balaban J connectivity index is 1.33. The van der Waals surface area contributed by atoms with Gasteiger partial charge in [-0.2, -0.15) is 10.2 Å². The van der Waals surface area contributed by atoms with E-state index in [1.165, 1.54) is 17.2 Å². The van der Waals surface area contributed by atoms with Crippen LogP contribution in [0, 0.1) is 17.1 Å². The molecule has 0 bridgehead atoms. The lowest BCUT2D eigenvalue weighted by atomic mass is 9.88. The second kappa shape index (κ2) is 11.2. The van der Waals surface area contributed by atoms with Crippen LogP contribution >= 0.6 is 0 Å². The van der Waals surface area contributed by atoms with Crippen molar-refractivity contribution in [3.05, 3.63) is 53.5 Å². The molecule has 0 radical (unpaired) electrons. The number of nitrogens with zero attached hydrogens (tertiary/aromatic N) is 8. The molecule has 9 nitrogen and oxygen atoms in total. The van der Waals surface area contributed by atoms with Crippen LogP contribution in [0.1, 0.15) is 43.0 Å². The Bertz CT molecular complexity index is 1410. The van der Waals surface area contributed by atoms with Crippen molar-refractivity contribution in [1.82, 2.24) is 19.8 Å². The lowest BCUT2D eigenvalue weighted by Crippen LogP contribution is -2.67. The number of carbonyl (C=O) groups excluding carboxylic acids is 1. The number of hydrogen-bond acceptors (Lipinski definition) is 8. The van der Waals surface area contributed by atoms with E-state index in [0.29, 0.717) is 19.6 Å². The predicted octanol–water partition coefficient (Wildman–Crippen LogP) is 3.18. The molecule has 1 aromatic carbocycles. The highest BCUT2D eigenvalue weighted by Crippen LogP contribution is 2.38. The van der Waals surface area contributed by atoms with E-state index in [2.05, 4.69) is 53.3 Å². The molecular weight excluding hydrogens is 531 g/mol. The average Bonchev–Trinajstić information content (AvgIpc) is 2.97. The van der Waals surface area contributed by atoms with E-state index in [0.717, 1.165) is 74.9 Å². The van der Waals surface area contributed by atoms with Crippen molar-refractivity contribution in [3.63, 3.8) is 0 Å². The van der Waals surface area contributed by atoms with Gasteiger partial charge in [-0.1, -0.05) is 12.6 Å². The van der Waals surface area contributed by atoms with Crippen molar-refractivity contribution in [1.29, 1.82) is 5.26 Å². The van der Waals surface area contributed by atoms with Crippen LogP contribution in [-0.2, 0) is 24.1 Å². The number of aryl methyl sites for hydroxylation is 1. The highest BCUT2D eigenvalue weighted by Gasteiger charge is 2.43. The molecule has 4 aliphatic rings. The van der Waals surface area contributed by atoms with Gasteiger partial charge in [-0.25, -0.2) is 9.37 Å². The molecule has 0 unspecified atom stereocenters. The van der Waals surface area contributed by atoms with Crippen molar-refractivity contribution in [2.75, 3.05) is 68.1 Å². The standard InChI is InChI=1S/C32H41FN8O/c1-5-29(42)41-16-15-38(19-25(41)12-13-34)30-26-11-10-24(40-14-6-7-22-8-9-23(33)17-28(22)40)18-27(26)35-31(36-30)39-20-32(2,21-39)37(3)4/h5,8-9,17,24-25H,1,6-7,10-12,14-16,18-21H2,2-4H3/t24-,25+/m1/s1. The minimum atomic E-state index is -0.222.